The minimum atomic E-state index is -0.253. The average Bonchev–Trinajstić information content (AvgIpc) is 2.58. The van der Waals surface area contributed by atoms with Crippen LogP contribution in [0.3, 0.4) is 0 Å². The number of likely N-dealkylation sites (N-methyl/N-ethyl adjacent to an activating group) is 1. The standard InChI is InChI=1S/C19H23FN2O2S/c1-22(2)12-13-24-17-7-5-16(6-8-17)21-19(23)11-14-25-18-9-3-15(20)4-10-18/h3-10H,11-14H2,1-2H3,(H,21,23). The highest BCUT2D eigenvalue weighted by atomic mass is 32.2. The Labute approximate surface area is 152 Å². The molecule has 0 aromatic heterocycles. The van der Waals surface area contributed by atoms with Crippen LogP contribution in [0.25, 0.3) is 0 Å². The molecule has 0 unspecified atom stereocenters. The molecule has 0 spiro atoms. The Morgan fingerprint density at radius 1 is 1.12 bits per heavy atom. The molecule has 134 valence electrons. The third-order valence-electron chi connectivity index (χ3n) is 3.36. The molecule has 0 aliphatic carbocycles. The molecule has 2 aromatic rings. The van der Waals surface area contributed by atoms with E-state index >= 15 is 0 Å². The summed E-state index contributed by atoms with van der Waals surface area (Å²) in [5.41, 5.74) is 0.747. The maximum Gasteiger partial charge on any atom is 0.225 e. The normalized spacial score (nSPS) is 10.7. The molecule has 2 rings (SSSR count). The number of carbonyl (C=O) groups excluding carboxylic acids is 1. The first kappa shape index (κ1) is 19.3. The van der Waals surface area contributed by atoms with E-state index in [1.165, 1.54) is 23.9 Å². The van der Waals surface area contributed by atoms with Crippen molar-refractivity contribution in [3.8, 4) is 5.75 Å². The Balaban J connectivity index is 1.70. The van der Waals surface area contributed by atoms with Gasteiger partial charge in [-0.1, -0.05) is 0 Å². The number of ether oxygens (including phenoxy) is 1. The van der Waals surface area contributed by atoms with Gasteiger partial charge in [0.05, 0.1) is 0 Å². The molecular formula is C19H23FN2O2S. The summed E-state index contributed by atoms with van der Waals surface area (Å²) in [5, 5.41) is 2.86. The summed E-state index contributed by atoms with van der Waals surface area (Å²) >= 11 is 1.53. The number of carbonyl (C=O) groups is 1. The Morgan fingerprint density at radius 3 is 2.44 bits per heavy atom. The smallest absolute Gasteiger partial charge is 0.225 e. The van der Waals surface area contributed by atoms with Crippen molar-refractivity contribution in [2.24, 2.45) is 0 Å². The molecule has 25 heavy (non-hydrogen) atoms. The topological polar surface area (TPSA) is 41.6 Å². The summed E-state index contributed by atoms with van der Waals surface area (Å²) in [6, 6.07) is 13.6. The maximum absolute atomic E-state index is 12.8. The van der Waals surface area contributed by atoms with Crippen LogP contribution >= 0.6 is 11.8 Å². The van der Waals surface area contributed by atoms with E-state index < -0.39 is 0 Å². The molecule has 0 atom stereocenters. The van der Waals surface area contributed by atoms with Gasteiger partial charge < -0.3 is 15.0 Å². The molecule has 2 aromatic carbocycles. The van der Waals surface area contributed by atoms with Crippen molar-refractivity contribution in [1.29, 1.82) is 0 Å². The minimum absolute atomic E-state index is 0.0455. The van der Waals surface area contributed by atoms with E-state index in [1.54, 1.807) is 12.1 Å². The van der Waals surface area contributed by atoms with Crippen LogP contribution in [0.5, 0.6) is 5.75 Å². The van der Waals surface area contributed by atoms with Crippen molar-refractivity contribution in [1.82, 2.24) is 4.90 Å². The quantitative estimate of drug-likeness (QED) is 0.687. The van der Waals surface area contributed by atoms with Crippen molar-refractivity contribution in [2.75, 3.05) is 38.3 Å². The molecule has 0 radical (unpaired) electrons. The first-order chi connectivity index (χ1) is 12.0. The summed E-state index contributed by atoms with van der Waals surface area (Å²) in [5.74, 6) is 1.13. The van der Waals surface area contributed by atoms with Crippen molar-refractivity contribution >= 4 is 23.4 Å². The van der Waals surface area contributed by atoms with Crippen LogP contribution in [0.2, 0.25) is 0 Å². The Hall–Kier alpha value is -2.05. The van der Waals surface area contributed by atoms with Gasteiger partial charge in [-0.25, -0.2) is 4.39 Å². The van der Waals surface area contributed by atoms with Gasteiger partial charge in [-0.05, 0) is 62.6 Å². The summed E-state index contributed by atoms with van der Waals surface area (Å²) < 4.78 is 18.4. The van der Waals surface area contributed by atoms with E-state index in [0.29, 0.717) is 18.8 Å². The van der Waals surface area contributed by atoms with Crippen LogP contribution < -0.4 is 10.1 Å². The van der Waals surface area contributed by atoms with E-state index in [1.807, 2.05) is 38.4 Å². The first-order valence-corrected chi connectivity index (χ1v) is 9.07. The van der Waals surface area contributed by atoms with Crippen LogP contribution in [-0.2, 0) is 4.79 Å². The molecule has 0 saturated carbocycles. The Kier molecular flexibility index (Phi) is 7.76. The monoisotopic (exact) mass is 362 g/mol. The summed E-state index contributed by atoms with van der Waals surface area (Å²) in [6.07, 6.45) is 0.392. The fraction of sp³-hybridized carbons (Fsp3) is 0.316. The Bertz CT molecular complexity index is 660. The van der Waals surface area contributed by atoms with Crippen LogP contribution in [0.1, 0.15) is 6.42 Å². The minimum Gasteiger partial charge on any atom is -0.492 e. The molecule has 1 amide bonds. The van der Waals surface area contributed by atoms with Gasteiger partial charge in [-0.3, -0.25) is 4.79 Å². The number of benzene rings is 2. The highest BCUT2D eigenvalue weighted by Gasteiger charge is 2.04. The van der Waals surface area contributed by atoms with Crippen LogP contribution in [0.4, 0.5) is 10.1 Å². The maximum atomic E-state index is 12.8. The van der Waals surface area contributed by atoms with Crippen LogP contribution in [0, 0.1) is 5.82 Å². The molecular weight excluding hydrogens is 339 g/mol. The number of hydrogen-bond acceptors (Lipinski definition) is 4. The third-order valence-corrected chi connectivity index (χ3v) is 4.37. The lowest BCUT2D eigenvalue weighted by molar-refractivity contribution is -0.115. The largest absolute Gasteiger partial charge is 0.492 e. The van der Waals surface area contributed by atoms with E-state index in [-0.39, 0.29) is 11.7 Å². The number of nitrogens with zero attached hydrogens (tertiary/aromatic N) is 1. The predicted molar refractivity (Wildman–Crippen MR) is 101 cm³/mol. The first-order valence-electron chi connectivity index (χ1n) is 8.09. The van der Waals surface area contributed by atoms with Gasteiger partial charge in [0.1, 0.15) is 18.2 Å². The Morgan fingerprint density at radius 2 is 1.80 bits per heavy atom. The van der Waals surface area contributed by atoms with Gasteiger partial charge in [0.15, 0.2) is 0 Å². The predicted octanol–water partition coefficient (Wildman–Crippen LogP) is 3.89. The summed E-state index contributed by atoms with van der Waals surface area (Å²) in [7, 11) is 3.99. The lowest BCUT2D eigenvalue weighted by Gasteiger charge is -2.11. The number of hydrogen-bond donors (Lipinski definition) is 1. The molecule has 4 nitrogen and oxygen atoms in total. The molecule has 0 fully saturated rings. The molecule has 0 aliphatic rings. The van der Waals surface area contributed by atoms with Crippen molar-refractivity contribution in [2.45, 2.75) is 11.3 Å². The van der Waals surface area contributed by atoms with E-state index in [9.17, 15) is 9.18 Å². The number of halogens is 1. The SMILES string of the molecule is CN(C)CCOc1ccc(NC(=O)CCSc2ccc(F)cc2)cc1. The van der Waals surface area contributed by atoms with E-state index in [0.717, 1.165) is 22.9 Å². The van der Waals surface area contributed by atoms with Gasteiger partial charge in [-0.15, -0.1) is 11.8 Å². The number of amides is 1. The molecule has 1 N–H and O–H groups in total. The number of rotatable bonds is 9. The van der Waals surface area contributed by atoms with Crippen LogP contribution in [0.15, 0.2) is 53.4 Å². The zero-order valence-corrected chi connectivity index (χ0v) is 15.3. The van der Waals surface area contributed by atoms with E-state index in [2.05, 4.69) is 10.2 Å². The second-order valence-corrected chi connectivity index (χ2v) is 6.95. The molecule has 0 saturated heterocycles. The second-order valence-electron chi connectivity index (χ2n) is 5.78. The van der Waals surface area contributed by atoms with Gasteiger partial charge in [0, 0.05) is 29.3 Å². The summed E-state index contributed by atoms with van der Waals surface area (Å²) in [4.78, 5) is 15.0. The van der Waals surface area contributed by atoms with Gasteiger partial charge in [0.25, 0.3) is 0 Å². The number of thioether (sulfide) groups is 1. The number of anilines is 1. The second kappa shape index (κ2) is 10.1. The average molecular weight is 362 g/mol. The van der Waals surface area contributed by atoms with Gasteiger partial charge >= 0.3 is 0 Å². The zero-order chi connectivity index (χ0) is 18.1. The van der Waals surface area contributed by atoms with Crippen molar-refractivity contribution in [3.63, 3.8) is 0 Å². The van der Waals surface area contributed by atoms with E-state index in [4.69, 9.17) is 4.74 Å². The zero-order valence-electron chi connectivity index (χ0n) is 14.5. The third kappa shape index (κ3) is 7.58. The highest BCUT2D eigenvalue weighted by molar-refractivity contribution is 7.99. The number of nitrogens with one attached hydrogen (secondary N) is 1. The lowest BCUT2D eigenvalue weighted by atomic mass is 10.3. The van der Waals surface area contributed by atoms with Gasteiger partial charge in [0.2, 0.25) is 5.91 Å². The molecule has 0 bridgehead atoms. The lowest BCUT2D eigenvalue weighted by Crippen LogP contribution is -2.19. The fourth-order valence-corrected chi connectivity index (χ4v) is 2.85. The summed E-state index contributed by atoms with van der Waals surface area (Å²) in [6.45, 7) is 1.48. The van der Waals surface area contributed by atoms with Crippen molar-refractivity contribution < 1.29 is 13.9 Å². The highest BCUT2D eigenvalue weighted by Crippen LogP contribution is 2.20. The molecule has 6 heteroatoms. The molecule has 0 aliphatic heterocycles. The molecule has 0 heterocycles. The fourth-order valence-electron chi connectivity index (χ4n) is 2.00. The van der Waals surface area contributed by atoms with Gasteiger partial charge in [-0.2, -0.15) is 0 Å². The van der Waals surface area contributed by atoms with Crippen LogP contribution in [-0.4, -0.2) is 43.8 Å². The van der Waals surface area contributed by atoms with Crippen molar-refractivity contribution in [3.05, 3.63) is 54.3 Å².